The van der Waals surface area contributed by atoms with Gasteiger partial charge in [-0.15, -0.1) is 22.6 Å². The molecular weight excluding hydrogens is 312 g/mol. The van der Waals surface area contributed by atoms with Crippen LogP contribution >= 0.6 is 12.4 Å². The van der Waals surface area contributed by atoms with Crippen LogP contribution in [0.1, 0.15) is 43.8 Å². The first-order valence-corrected chi connectivity index (χ1v) is 7.98. The number of anilines is 2. The van der Waals surface area contributed by atoms with E-state index in [0.29, 0.717) is 5.92 Å². The minimum atomic E-state index is 0. The number of aromatic nitrogens is 3. The third-order valence-electron chi connectivity index (χ3n) is 4.60. The van der Waals surface area contributed by atoms with Crippen LogP contribution in [0, 0.1) is 0 Å². The fourth-order valence-electron chi connectivity index (χ4n) is 3.36. The third-order valence-corrected chi connectivity index (χ3v) is 4.60. The molecule has 0 spiro atoms. The molecule has 6 heteroatoms. The van der Waals surface area contributed by atoms with Gasteiger partial charge in [0.15, 0.2) is 0 Å². The van der Waals surface area contributed by atoms with Crippen molar-refractivity contribution in [3.8, 4) is 5.75 Å². The second-order valence-corrected chi connectivity index (χ2v) is 5.98. The van der Waals surface area contributed by atoms with Gasteiger partial charge in [-0.3, -0.25) is 4.57 Å². The van der Waals surface area contributed by atoms with Crippen molar-refractivity contribution in [1.82, 2.24) is 14.8 Å². The van der Waals surface area contributed by atoms with E-state index in [1.54, 1.807) is 7.11 Å². The molecule has 23 heavy (non-hydrogen) atoms. The van der Waals surface area contributed by atoms with Crippen molar-refractivity contribution in [2.24, 2.45) is 7.05 Å². The Bertz CT molecular complexity index is 637. The van der Waals surface area contributed by atoms with Crippen LogP contribution in [0.5, 0.6) is 5.75 Å². The molecule has 126 valence electrons. The number of ether oxygens (including phenoxy) is 1. The van der Waals surface area contributed by atoms with Gasteiger partial charge in [0.1, 0.15) is 11.6 Å². The lowest BCUT2D eigenvalue weighted by atomic mass is 9.89. The summed E-state index contributed by atoms with van der Waals surface area (Å²) in [5.74, 6) is 3.35. The molecule has 0 unspecified atom stereocenters. The first-order valence-electron chi connectivity index (χ1n) is 7.98. The van der Waals surface area contributed by atoms with Gasteiger partial charge in [-0.05, 0) is 25.0 Å². The number of para-hydroxylation sites is 2. The maximum atomic E-state index is 5.45. The Morgan fingerprint density at radius 3 is 2.52 bits per heavy atom. The molecule has 3 rings (SSSR count). The number of benzene rings is 1. The molecule has 1 aromatic heterocycles. The van der Waals surface area contributed by atoms with E-state index < -0.39 is 0 Å². The molecule has 0 N–H and O–H groups in total. The highest BCUT2D eigenvalue weighted by Crippen LogP contribution is 2.35. The van der Waals surface area contributed by atoms with E-state index in [1.165, 1.54) is 32.1 Å². The van der Waals surface area contributed by atoms with Gasteiger partial charge in [0.25, 0.3) is 0 Å². The molecule has 0 saturated heterocycles. The third kappa shape index (κ3) is 3.44. The van der Waals surface area contributed by atoms with Crippen LogP contribution in [0.2, 0.25) is 0 Å². The Labute approximate surface area is 144 Å². The molecule has 2 aromatic rings. The smallest absolute Gasteiger partial charge is 0.231 e. The minimum Gasteiger partial charge on any atom is -0.495 e. The Morgan fingerprint density at radius 1 is 1.13 bits per heavy atom. The highest BCUT2D eigenvalue weighted by molar-refractivity contribution is 5.85. The number of methoxy groups -OCH3 is 1. The molecule has 1 saturated carbocycles. The van der Waals surface area contributed by atoms with Crippen molar-refractivity contribution < 1.29 is 4.74 Å². The summed E-state index contributed by atoms with van der Waals surface area (Å²) in [6.07, 6.45) is 6.40. The predicted molar refractivity (Wildman–Crippen MR) is 95.1 cm³/mol. The van der Waals surface area contributed by atoms with Gasteiger partial charge in [0.2, 0.25) is 5.95 Å². The molecule has 0 bridgehead atoms. The summed E-state index contributed by atoms with van der Waals surface area (Å²) in [4.78, 5) is 2.04. The van der Waals surface area contributed by atoms with E-state index in [1.807, 2.05) is 36.2 Å². The SMILES string of the molecule is COc1ccccc1N(C)c1nnc(C2CCCCC2)n1C.Cl. The highest BCUT2D eigenvalue weighted by atomic mass is 35.5. The molecule has 0 amide bonds. The number of hydrogen-bond donors (Lipinski definition) is 0. The maximum Gasteiger partial charge on any atom is 0.231 e. The molecule has 5 nitrogen and oxygen atoms in total. The van der Waals surface area contributed by atoms with Crippen LogP contribution in [0.25, 0.3) is 0 Å². The standard InChI is InChI=1S/C17H24N4O.ClH/c1-20(14-11-7-8-12-15(14)22-3)17-19-18-16(21(17)2)13-9-5-4-6-10-13;/h7-8,11-13H,4-6,9-10H2,1-3H3;1H. The molecule has 1 heterocycles. The van der Waals surface area contributed by atoms with Crippen molar-refractivity contribution in [2.45, 2.75) is 38.0 Å². The minimum absolute atomic E-state index is 0. The van der Waals surface area contributed by atoms with Gasteiger partial charge in [0, 0.05) is 20.0 Å². The summed E-state index contributed by atoms with van der Waals surface area (Å²) in [6, 6.07) is 7.98. The van der Waals surface area contributed by atoms with Crippen LogP contribution in [0.3, 0.4) is 0 Å². The zero-order valence-corrected chi connectivity index (χ0v) is 14.8. The number of halogens is 1. The second-order valence-electron chi connectivity index (χ2n) is 5.98. The summed E-state index contributed by atoms with van der Waals surface area (Å²) < 4.78 is 7.58. The lowest BCUT2D eigenvalue weighted by molar-refractivity contribution is 0.415. The van der Waals surface area contributed by atoms with Crippen LogP contribution in [-0.4, -0.2) is 28.9 Å². The zero-order valence-electron chi connectivity index (χ0n) is 14.0. The van der Waals surface area contributed by atoms with Crippen molar-refractivity contribution in [2.75, 3.05) is 19.1 Å². The van der Waals surface area contributed by atoms with Crippen molar-refractivity contribution in [3.05, 3.63) is 30.1 Å². The monoisotopic (exact) mass is 336 g/mol. The Morgan fingerprint density at radius 2 is 1.83 bits per heavy atom. The van der Waals surface area contributed by atoms with E-state index in [9.17, 15) is 0 Å². The number of rotatable bonds is 4. The van der Waals surface area contributed by atoms with Crippen LogP contribution in [-0.2, 0) is 7.05 Å². The van der Waals surface area contributed by atoms with Gasteiger partial charge < -0.3 is 9.64 Å². The average molecular weight is 337 g/mol. The summed E-state index contributed by atoms with van der Waals surface area (Å²) in [6.45, 7) is 0. The Balaban J connectivity index is 0.00000192. The van der Waals surface area contributed by atoms with Gasteiger partial charge >= 0.3 is 0 Å². The average Bonchev–Trinajstić information content (AvgIpc) is 2.96. The normalized spacial score (nSPS) is 15.1. The Hall–Kier alpha value is -1.75. The fraction of sp³-hybridized carbons (Fsp3) is 0.529. The van der Waals surface area contributed by atoms with Crippen LogP contribution in [0.15, 0.2) is 24.3 Å². The van der Waals surface area contributed by atoms with Crippen molar-refractivity contribution in [1.29, 1.82) is 0 Å². The van der Waals surface area contributed by atoms with Crippen LogP contribution in [0.4, 0.5) is 11.6 Å². The summed E-state index contributed by atoms with van der Waals surface area (Å²) in [7, 11) is 5.76. The largest absolute Gasteiger partial charge is 0.495 e. The van der Waals surface area contributed by atoms with Gasteiger partial charge in [-0.1, -0.05) is 31.4 Å². The number of hydrogen-bond acceptors (Lipinski definition) is 4. The van der Waals surface area contributed by atoms with Gasteiger partial charge in [-0.2, -0.15) is 0 Å². The molecule has 0 atom stereocenters. The highest BCUT2D eigenvalue weighted by Gasteiger charge is 2.23. The molecule has 1 aromatic carbocycles. The van der Waals surface area contributed by atoms with Crippen molar-refractivity contribution >= 4 is 24.0 Å². The predicted octanol–water partition coefficient (Wildman–Crippen LogP) is 4.06. The second kappa shape index (κ2) is 7.68. The quantitative estimate of drug-likeness (QED) is 0.844. The maximum absolute atomic E-state index is 5.45. The summed E-state index contributed by atoms with van der Waals surface area (Å²) in [5.41, 5.74) is 0.996. The molecule has 1 aliphatic carbocycles. The lowest BCUT2D eigenvalue weighted by Gasteiger charge is -2.23. The lowest BCUT2D eigenvalue weighted by Crippen LogP contribution is -2.17. The fourth-order valence-corrected chi connectivity index (χ4v) is 3.36. The number of nitrogens with zero attached hydrogens (tertiary/aromatic N) is 4. The zero-order chi connectivity index (χ0) is 15.5. The van der Waals surface area contributed by atoms with Gasteiger partial charge in [-0.25, -0.2) is 0 Å². The molecular formula is C17H25ClN4O. The van der Waals surface area contributed by atoms with E-state index in [0.717, 1.165) is 23.2 Å². The Kier molecular flexibility index (Phi) is 5.88. The molecule has 0 aliphatic heterocycles. The molecule has 0 radical (unpaired) electrons. The first kappa shape index (κ1) is 17.6. The van der Waals surface area contributed by atoms with E-state index in [-0.39, 0.29) is 12.4 Å². The van der Waals surface area contributed by atoms with Gasteiger partial charge in [0.05, 0.1) is 12.8 Å². The summed E-state index contributed by atoms with van der Waals surface area (Å²) >= 11 is 0. The van der Waals surface area contributed by atoms with E-state index in [4.69, 9.17) is 4.74 Å². The van der Waals surface area contributed by atoms with E-state index >= 15 is 0 Å². The topological polar surface area (TPSA) is 43.2 Å². The molecule has 1 fully saturated rings. The molecule has 1 aliphatic rings. The summed E-state index contributed by atoms with van der Waals surface area (Å²) in [5, 5.41) is 8.90. The van der Waals surface area contributed by atoms with Crippen LogP contribution < -0.4 is 9.64 Å². The van der Waals surface area contributed by atoms with E-state index in [2.05, 4.69) is 21.8 Å². The first-order chi connectivity index (χ1) is 10.7. The van der Waals surface area contributed by atoms with Crippen molar-refractivity contribution in [3.63, 3.8) is 0 Å².